The van der Waals surface area contributed by atoms with Crippen molar-refractivity contribution in [2.45, 2.75) is 6.92 Å². The topological polar surface area (TPSA) is 55.8 Å². The van der Waals surface area contributed by atoms with Crippen LogP contribution in [0.2, 0.25) is 0 Å². The van der Waals surface area contributed by atoms with E-state index in [1.165, 1.54) is 4.90 Å². The fourth-order valence-corrected chi connectivity index (χ4v) is 2.90. The summed E-state index contributed by atoms with van der Waals surface area (Å²) in [5, 5.41) is 2.13. The summed E-state index contributed by atoms with van der Waals surface area (Å²) in [4.78, 5) is 25.8. The lowest BCUT2D eigenvalue weighted by molar-refractivity contribution is -0.130. The number of ketones is 1. The molecule has 3 aromatic rings. The minimum Gasteiger partial charge on any atom is -0.490 e. The molecule has 0 aliphatic rings. The molecule has 0 saturated heterocycles. The molecule has 1 amide bonds. The van der Waals surface area contributed by atoms with Gasteiger partial charge in [-0.25, -0.2) is 0 Å². The van der Waals surface area contributed by atoms with E-state index in [0.29, 0.717) is 23.7 Å². The van der Waals surface area contributed by atoms with Crippen molar-refractivity contribution in [2.75, 3.05) is 27.3 Å². The van der Waals surface area contributed by atoms with Gasteiger partial charge in [-0.05, 0) is 47.5 Å². The quantitative estimate of drug-likeness (QED) is 0.407. The fraction of sp³-hybridized carbons (Fsp3) is 0.200. The number of hydrogen-bond donors (Lipinski definition) is 0. The molecule has 0 spiro atoms. The second kappa shape index (κ2) is 9.74. The zero-order valence-electron chi connectivity index (χ0n) is 17.4. The van der Waals surface area contributed by atoms with E-state index in [9.17, 15) is 9.59 Å². The molecule has 0 aromatic heterocycles. The van der Waals surface area contributed by atoms with Crippen molar-refractivity contribution in [3.05, 3.63) is 77.9 Å². The van der Waals surface area contributed by atoms with Gasteiger partial charge in [-0.1, -0.05) is 48.5 Å². The molecular formula is C25H25NO4. The highest BCUT2D eigenvalue weighted by Crippen LogP contribution is 2.29. The Labute approximate surface area is 176 Å². The van der Waals surface area contributed by atoms with Crippen molar-refractivity contribution >= 4 is 28.5 Å². The van der Waals surface area contributed by atoms with Crippen LogP contribution >= 0.6 is 0 Å². The molecule has 0 atom stereocenters. The van der Waals surface area contributed by atoms with Crippen molar-refractivity contribution in [1.82, 2.24) is 4.90 Å². The molecule has 0 bridgehead atoms. The Morgan fingerprint density at radius 2 is 1.67 bits per heavy atom. The molecule has 3 rings (SSSR count). The normalized spacial score (nSPS) is 10.9. The summed E-state index contributed by atoms with van der Waals surface area (Å²) < 4.78 is 11.2. The Hall–Kier alpha value is -3.60. The number of amides is 1. The molecule has 0 aliphatic heterocycles. The number of ether oxygens (including phenoxy) is 2. The van der Waals surface area contributed by atoms with E-state index < -0.39 is 0 Å². The van der Waals surface area contributed by atoms with Gasteiger partial charge in [0, 0.05) is 19.7 Å². The van der Waals surface area contributed by atoms with Crippen LogP contribution in [0, 0.1) is 0 Å². The van der Waals surface area contributed by atoms with Gasteiger partial charge >= 0.3 is 0 Å². The number of carbonyl (C=O) groups excluding carboxylic acids is 2. The molecule has 0 radical (unpaired) electrons. The van der Waals surface area contributed by atoms with Crippen LogP contribution in [-0.4, -0.2) is 43.9 Å². The summed E-state index contributed by atoms with van der Waals surface area (Å²) in [5.74, 6) is 0.812. The maximum atomic E-state index is 12.6. The van der Waals surface area contributed by atoms with Crippen molar-refractivity contribution in [3.63, 3.8) is 0 Å². The fourth-order valence-electron chi connectivity index (χ4n) is 2.90. The first-order valence-electron chi connectivity index (χ1n) is 9.79. The van der Waals surface area contributed by atoms with Crippen LogP contribution in [0.25, 0.3) is 16.8 Å². The number of likely N-dealkylation sites (N-methyl/N-ethyl adjacent to an activating group) is 1. The maximum Gasteiger partial charge on any atom is 0.259 e. The third-order valence-corrected chi connectivity index (χ3v) is 4.58. The van der Waals surface area contributed by atoms with Gasteiger partial charge in [-0.3, -0.25) is 9.59 Å². The summed E-state index contributed by atoms with van der Waals surface area (Å²) in [5.41, 5.74) is 1.44. The van der Waals surface area contributed by atoms with Crippen LogP contribution in [0.4, 0.5) is 0 Å². The lowest BCUT2D eigenvalue weighted by Crippen LogP contribution is -2.27. The number of hydrogen-bond acceptors (Lipinski definition) is 4. The highest BCUT2D eigenvalue weighted by atomic mass is 16.5. The minimum absolute atomic E-state index is 0.0668. The van der Waals surface area contributed by atoms with Gasteiger partial charge in [0.05, 0.1) is 6.61 Å². The van der Waals surface area contributed by atoms with Gasteiger partial charge in [-0.2, -0.15) is 0 Å². The van der Waals surface area contributed by atoms with E-state index in [0.717, 1.165) is 16.3 Å². The lowest BCUT2D eigenvalue weighted by atomic mass is 10.0. The van der Waals surface area contributed by atoms with E-state index in [-0.39, 0.29) is 18.3 Å². The minimum atomic E-state index is -0.137. The molecular weight excluding hydrogens is 378 g/mol. The monoisotopic (exact) mass is 403 g/mol. The molecule has 0 N–H and O–H groups in total. The van der Waals surface area contributed by atoms with Gasteiger partial charge in [0.25, 0.3) is 5.91 Å². The van der Waals surface area contributed by atoms with Gasteiger partial charge in [-0.15, -0.1) is 0 Å². The molecule has 3 aromatic carbocycles. The number of carbonyl (C=O) groups is 2. The standard InChI is InChI=1S/C25H25NO4/c1-4-29-24-15-18(10-14-23(24)30-17-25(28)26(2)3)9-13-22(27)21-12-11-19-7-5-6-8-20(19)16-21/h5-16H,4,17H2,1-3H3/b13-9+. The highest BCUT2D eigenvalue weighted by molar-refractivity contribution is 6.08. The van der Waals surface area contributed by atoms with E-state index in [1.807, 2.05) is 55.5 Å². The number of allylic oxidation sites excluding steroid dienone is 1. The van der Waals surface area contributed by atoms with Crippen LogP contribution in [0.1, 0.15) is 22.8 Å². The molecule has 5 nitrogen and oxygen atoms in total. The molecule has 0 saturated carbocycles. The second-order valence-electron chi connectivity index (χ2n) is 6.98. The molecule has 5 heteroatoms. The highest BCUT2D eigenvalue weighted by Gasteiger charge is 2.10. The van der Waals surface area contributed by atoms with Crippen LogP contribution < -0.4 is 9.47 Å². The number of benzene rings is 3. The smallest absolute Gasteiger partial charge is 0.259 e. The SMILES string of the molecule is CCOc1cc(/C=C/C(=O)c2ccc3ccccc3c2)ccc1OCC(=O)N(C)C. The summed E-state index contributed by atoms with van der Waals surface area (Å²) >= 11 is 0. The van der Waals surface area contributed by atoms with Crippen molar-refractivity contribution in [3.8, 4) is 11.5 Å². The Morgan fingerprint density at radius 1 is 0.900 bits per heavy atom. The van der Waals surface area contributed by atoms with E-state index in [2.05, 4.69) is 0 Å². The van der Waals surface area contributed by atoms with Gasteiger partial charge in [0.15, 0.2) is 23.9 Å². The Morgan fingerprint density at radius 3 is 2.40 bits per heavy atom. The molecule has 154 valence electrons. The van der Waals surface area contributed by atoms with Crippen molar-refractivity contribution < 1.29 is 19.1 Å². The summed E-state index contributed by atoms with van der Waals surface area (Å²) in [6, 6.07) is 19.0. The zero-order valence-corrected chi connectivity index (χ0v) is 17.4. The first kappa shape index (κ1) is 21.1. The second-order valence-corrected chi connectivity index (χ2v) is 6.98. The first-order chi connectivity index (χ1) is 14.5. The van der Waals surface area contributed by atoms with Gasteiger partial charge in [0.2, 0.25) is 0 Å². The largest absolute Gasteiger partial charge is 0.490 e. The zero-order chi connectivity index (χ0) is 21.5. The summed E-state index contributed by atoms with van der Waals surface area (Å²) in [6.07, 6.45) is 3.29. The van der Waals surface area contributed by atoms with Gasteiger partial charge < -0.3 is 14.4 Å². The number of rotatable bonds is 8. The van der Waals surface area contributed by atoms with Crippen molar-refractivity contribution in [2.24, 2.45) is 0 Å². The van der Waals surface area contributed by atoms with Crippen LogP contribution in [0.15, 0.2) is 66.7 Å². The molecule has 0 aliphatic carbocycles. The third-order valence-electron chi connectivity index (χ3n) is 4.58. The first-order valence-corrected chi connectivity index (χ1v) is 9.79. The van der Waals surface area contributed by atoms with Crippen molar-refractivity contribution in [1.29, 1.82) is 0 Å². The molecule has 0 heterocycles. The Kier molecular flexibility index (Phi) is 6.86. The number of fused-ring (bicyclic) bond motifs is 1. The Bertz CT molecular complexity index is 1090. The predicted octanol–water partition coefficient (Wildman–Crippen LogP) is 4.60. The number of nitrogens with zero attached hydrogens (tertiary/aromatic N) is 1. The molecule has 30 heavy (non-hydrogen) atoms. The molecule has 0 fully saturated rings. The molecule has 0 unspecified atom stereocenters. The van der Waals surface area contributed by atoms with Gasteiger partial charge in [0.1, 0.15) is 0 Å². The predicted molar refractivity (Wildman–Crippen MR) is 119 cm³/mol. The van der Waals surface area contributed by atoms with Crippen LogP contribution in [0.3, 0.4) is 0 Å². The van der Waals surface area contributed by atoms with E-state index >= 15 is 0 Å². The van der Waals surface area contributed by atoms with Crippen LogP contribution in [-0.2, 0) is 4.79 Å². The summed E-state index contributed by atoms with van der Waals surface area (Å²) in [6.45, 7) is 2.27. The van der Waals surface area contributed by atoms with E-state index in [4.69, 9.17) is 9.47 Å². The van der Waals surface area contributed by atoms with E-state index in [1.54, 1.807) is 38.4 Å². The Balaban J connectivity index is 1.75. The lowest BCUT2D eigenvalue weighted by Gasteiger charge is -2.14. The maximum absolute atomic E-state index is 12.6. The van der Waals surface area contributed by atoms with Crippen LogP contribution in [0.5, 0.6) is 11.5 Å². The average Bonchev–Trinajstić information content (AvgIpc) is 2.76. The third kappa shape index (κ3) is 5.26. The average molecular weight is 403 g/mol. The summed E-state index contributed by atoms with van der Waals surface area (Å²) in [7, 11) is 3.35.